The van der Waals surface area contributed by atoms with Crippen LogP contribution in [0, 0.1) is 6.92 Å². The molecule has 0 atom stereocenters. The minimum absolute atomic E-state index is 0. The molecule has 0 aliphatic rings. The van der Waals surface area contributed by atoms with Crippen molar-refractivity contribution >= 4 is 10.1 Å². The first-order valence-electron chi connectivity index (χ1n) is 5.52. The maximum absolute atomic E-state index is 10.6. The van der Waals surface area contributed by atoms with Crippen molar-refractivity contribution in [2.75, 3.05) is 34.3 Å². The van der Waals surface area contributed by atoms with Gasteiger partial charge in [-0.3, -0.25) is 4.55 Å². The van der Waals surface area contributed by atoms with E-state index in [1.54, 1.807) is 25.1 Å². The SMILES string of the molecule is C[N+](C)(C)CCO.Cc1ccccc1S(=O)(=O)O.[Cl-]. The Morgan fingerprint density at radius 3 is 1.84 bits per heavy atom. The molecule has 0 fully saturated rings. The van der Waals surface area contributed by atoms with Gasteiger partial charge in [0.2, 0.25) is 0 Å². The van der Waals surface area contributed by atoms with Crippen LogP contribution in [0.2, 0.25) is 0 Å². The van der Waals surface area contributed by atoms with Crippen LogP contribution in [0.1, 0.15) is 5.56 Å². The number of hydrogen-bond acceptors (Lipinski definition) is 3. The first-order valence-corrected chi connectivity index (χ1v) is 6.96. The molecule has 0 saturated carbocycles. The number of aliphatic hydroxyl groups is 1. The van der Waals surface area contributed by atoms with E-state index in [9.17, 15) is 8.42 Å². The lowest BCUT2D eigenvalue weighted by atomic mass is 10.2. The van der Waals surface area contributed by atoms with Crippen LogP contribution in [0.3, 0.4) is 0 Å². The zero-order valence-corrected chi connectivity index (χ0v) is 13.2. The van der Waals surface area contributed by atoms with Crippen molar-refractivity contribution in [3.8, 4) is 0 Å². The number of likely N-dealkylation sites (N-methyl/N-ethyl adjacent to an activating group) is 1. The van der Waals surface area contributed by atoms with Crippen molar-refractivity contribution in [3.05, 3.63) is 29.8 Å². The van der Waals surface area contributed by atoms with Gasteiger partial charge >= 0.3 is 0 Å². The molecule has 0 aromatic heterocycles. The number of benzene rings is 1. The van der Waals surface area contributed by atoms with Crippen molar-refractivity contribution in [2.24, 2.45) is 0 Å². The third-order valence-electron chi connectivity index (χ3n) is 2.14. The number of hydrogen-bond donors (Lipinski definition) is 2. The summed E-state index contributed by atoms with van der Waals surface area (Å²) >= 11 is 0. The number of aliphatic hydroxyl groups excluding tert-OH is 1. The average Bonchev–Trinajstić information content (AvgIpc) is 2.15. The number of halogens is 1. The first kappa shape index (κ1) is 20.7. The number of rotatable bonds is 3. The molecule has 112 valence electrons. The van der Waals surface area contributed by atoms with E-state index in [0.29, 0.717) is 5.56 Å². The average molecular weight is 312 g/mol. The van der Waals surface area contributed by atoms with E-state index in [1.807, 2.05) is 0 Å². The van der Waals surface area contributed by atoms with Crippen molar-refractivity contribution in [3.63, 3.8) is 0 Å². The lowest BCUT2D eigenvalue weighted by Crippen LogP contribution is -3.00. The lowest BCUT2D eigenvalue weighted by Gasteiger charge is -2.21. The summed E-state index contributed by atoms with van der Waals surface area (Å²) < 4.78 is 30.7. The van der Waals surface area contributed by atoms with E-state index in [4.69, 9.17) is 9.66 Å². The Morgan fingerprint density at radius 1 is 1.16 bits per heavy atom. The zero-order valence-electron chi connectivity index (χ0n) is 11.7. The molecule has 1 aromatic rings. The molecule has 0 aliphatic carbocycles. The molecule has 0 aliphatic heterocycles. The van der Waals surface area contributed by atoms with Crippen LogP contribution in [0.5, 0.6) is 0 Å². The quantitative estimate of drug-likeness (QED) is 0.497. The summed E-state index contributed by atoms with van der Waals surface area (Å²) in [5.41, 5.74) is 0.551. The van der Waals surface area contributed by atoms with E-state index in [0.717, 1.165) is 11.0 Å². The summed E-state index contributed by atoms with van der Waals surface area (Å²) in [6, 6.07) is 6.27. The van der Waals surface area contributed by atoms with Crippen molar-refractivity contribution in [2.45, 2.75) is 11.8 Å². The zero-order chi connectivity index (χ0) is 14.4. The van der Waals surface area contributed by atoms with E-state index in [-0.39, 0.29) is 23.9 Å². The van der Waals surface area contributed by atoms with Gasteiger partial charge in [0.05, 0.1) is 32.6 Å². The van der Waals surface area contributed by atoms with Crippen molar-refractivity contribution in [1.29, 1.82) is 0 Å². The summed E-state index contributed by atoms with van der Waals surface area (Å²) in [5.74, 6) is 0. The molecule has 1 rings (SSSR count). The fourth-order valence-corrected chi connectivity index (χ4v) is 1.87. The molecule has 0 bridgehead atoms. The standard InChI is InChI=1S/C7H8O3S.C5H14NO.ClH/c1-6-4-2-3-5-7(6)11(8,9)10;1-6(2,3)4-5-7;/h2-5H,1H3,(H,8,9,10);7H,4-5H2,1-3H3;1H/q;+1;/p-1. The Balaban J connectivity index is 0. The number of nitrogens with zero attached hydrogens (tertiary/aromatic N) is 1. The maximum Gasteiger partial charge on any atom is 0.294 e. The van der Waals surface area contributed by atoms with Crippen molar-refractivity contribution in [1.82, 2.24) is 0 Å². The van der Waals surface area contributed by atoms with Gasteiger partial charge in [0.1, 0.15) is 6.54 Å². The Hall–Kier alpha value is -0.660. The molecule has 0 unspecified atom stereocenters. The maximum atomic E-state index is 10.6. The molecular formula is C12H22ClNO4S. The van der Waals surface area contributed by atoms with Gasteiger partial charge in [-0.2, -0.15) is 8.42 Å². The second-order valence-corrected chi connectivity index (χ2v) is 6.37. The van der Waals surface area contributed by atoms with Gasteiger partial charge in [-0.05, 0) is 18.6 Å². The summed E-state index contributed by atoms with van der Waals surface area (Å²) in [4.78, 5) is -0.0278. The third-order valence-corrected chi connectivity index (χ3v) is 3.16. The molecule has 0 heterocycles. The molecule has 0 radical (unpaired) electrons. The monoisotopic (exact) mass is 311 g/mol. The van der Waals surface area contributed by atoms with Crippen molar-refractivity contribution < 1.29 is 35.0 Å². The highest BCUT2D eigenvalue weighted by Crippen LogP contribution is 2.12. The fourth-order valence-electron chi connectivity index (χ4n) is 1.15. The molecule has 7 heteroatoms. The second kappa shape index (κ2) is 8.50. The molecule has 5 nitrogen and oxygen atoms in total. The molecule has 19 heavy (non-hydrogen) atoms. The van der Waals surface area contributed by atoms with Crippen LogP contribution in [0.15, 0.2) is 29.2 Å². The summed E-state index contributed by atoms with van der Waals surface area (Å²) in [6.07, 6.45) is 0. The second-order valence-electron chi connectivity index (χ2n) is 4.98. The van der Waals surface area contributed by atoms with Gasteiger partial charge in [-0.1, -0.05) is 18.2 Å². The Morgan fingerprint density at radius 2 is 1.63 bits per heavy atom. The highest BCUT2D eigenvalue weighted by atomic mass is 35.5. The van der Waals surface area contributed by atoms with E-state index in [1.165, 1.54) is 6.07 Å². The van der Waals surface area contributed by atoms with Crippen LogP contribution in [-0.4, -0.2) is 56.9 Å². The van der Waals surface area contributed by atoms with Crippen LogP contribution in [0.25, 0.3) is 0 Å². The van der Waals surface area contributed by atoms with Gasteiger partial charge in [0.25, 0.3) is 10.1 Å². The Bertz CT molecular complexity index is 469. The fraction of sp³-hybridized carbons (Fsp3) is 0.500. The normalized spacial score (nSPS) is 11.1. The lowest BCUT2D eigenvalue weighted by molar-refractivity contribution is -0.870. The summed E-state index contributed by atoms with van der Waals surface area (Å²) in [6.45, 7) is 2.74. The first-order chi connectivity index (χ1) is 8.08. The largest absolute Gasteiger partial charge is 1.00 e. The van der Waals surface area contributed by atoms with Crippen LogP contribution in [-0.2, 0) is 10.1 Å². The minimum atomic E-state index is -4.03. The van der Waals surface area contributed by atoms with Gasteiger partial charge < -0.3 is 22.0 Å². The Kier molecular flexibility index (Phi) is 9.24. The van der Waals surface area contributed by atoms with E-state index < -0.39 is 10.1 Å². The third kappa shape index (κ3) is 9.86. The van der Waals surface area contributed by atoms with Gasteiger partial charge in [0, 0.05) is 0 Å². The predicted octanol–water partition coefficient (Wildman–Crippen LogP) is -2.07. The smallest absolute Gasteiger partial charge is 0.294 e. The summed E-state index contributed by atoms with van der Waals surface area (Å²) in [7, 11) is 2.12. The minimum Gasteiger partial charge on any atom is -1.00 e. The van der Waals surface area contributed by atoms with E-state index in [2.05, 4.69) is 21.1 Å². The topological polar surface area (TPSA) is 74.6 Å². The molecule has 0 saturated heterocycles. The van der Waals surface area contributed by atoms with Gasteiger partial charge in [-0.15, -0.1) is 0 Å². The van der Waals surface area contributed by atoms with Gasteiger partial charge in [0.15, 0.2) is 0 Å². The highest BCUT2D eigenvalue weighted by molar-refractivity contribution is 7.85. The molecule has 0 amide bonds. The number of quaternary nitrogens is 1. The van der Waals surface area contributed by atoms with Crippen LogP contribution < -0.4 is 12.4 Å². The van der Waals surface area contributed by atoms with E-state index >= 15 is 0 Å². The molecular weight excluding hydrogens is 290 g/mol. The number of aryl methyl sites for hydroxylation is 1. The molecule has 0 spiro atoms. The van der Waals surface area contributed by atoms with Crippen LogP contribution >= 0.6 is 0 Å². The molecule has 2 N–H and O–H groups in total. The predicted molar refractivity (Wildman–Crippen MR) is 71.0 cm³/mol. The van der Waals surface area contributed by atoms with Crippen LogP contribution in [0.4, 0.5) is 0 Å². The Labute approximate surface area is 121 Å². The highest BCUT2D eigenvalue weighted by Gasteiger charge is 2.10. The van der Waals surface area contributed by atoms with Gasteiger partial charge in [-0.25, -0.2) is 0 Å². The molecule has 1 aromatic carbocycles. The summed E-state index contributed by atoms with van der Waals surface area (Å²) in [5, 5.41) is 8.39.